The molecule has 0 bridgehead atoms. The lowest BCUT2D eigenvalue weighted by atomic mass is 9.99. The molecule has 4 heterocycles. The van der Waals surface area contributed by atoms with Crippen LogP contribution in [0.1, 0.15) is 35.2 Å². The van der Waals surface area contributed by atoms with Crippen molar-refractivity contribution in [2.45, 2.75) is 18.5 Å². The third-order valence-electron chi connectivity index (χ3n) is 10.4. The summed E-state index contributed by atoms with van der Waals surface area (Å²) in [6.45, 7) is 0. The van der Waals surface area contributed by atoms with Crippen molar-refractivity contribution >= 4 is 85.0 Å². The highest BCUT2D eigenvalue weighted by Gasteiger charge is 2.32. The van der Waals surface area contributed by atoms with Crippen molar-refractivity contribution in [1.29, 1.82) is 0 Å². The van der Waals surface area contributed by atoms with Gasteiger partial charge in [0.15, 0.2) is 0 Å². The molecular formula is C45H31N3OS2. The van der Waals surface area contributed by atoms with Crippen LogP contribution in [-0.2, 0) is 0 Å². The highest BCUT2D eigenvalue weighted by Crippen LogP contribution is 2.44. The molecular weight excluding hydrogens is 663 g/mol. The number of nitrogens with one attached hydrogen (secondary N) is 3. The molecule has 3 aromatic heterocycles. The predicted octanol–water partition coefficient (Wildman–Crippen LogP) is 12.2. The summed E-state index contributed by atoms with van der Waals surface area (Å²) in [6.07, 6.45) is -0.210. The van der Waals surface area contributed by atoms with Crippen molar-refractivity contribution in [2.24, 2.45) is 0 Å². The lowest BCUT2D eigenvalue weighted by Gasteiger charge is -2.40. The maximum Gasteiger partial charge on any atom is 0.143 e. The molecule has 0 aliphatic carbocycles. The fourth-order valence-corrected chi connectivity index (χ4v) is 10.5. The van der Waals surface area contributed by atoms with Crippen LogP contribution in [0, 0.1) is 0 Å². The summed E-state index contributed by atoms with van der Waals surface area (Å²) in [5.74, 6) is 0. The van der Waals surface area contributed by atoms with Crippen molar-refractivity contribution in [3.05, 3.63) is 168 Å². The summed E-state index contributed by atoms with van der Waals surface area (Å²) in [7, 11) is 0. The predicted molar refractivity (Wildman–Crippen MR) is 215 cm³/mol. The molecule has 7 aromatic carbocycles. The lowest BCUT2D eigenvalue weighted by Crippen LogP contribution is -2.54. The SMILES string of the molecule is c1ccc(C2NC(c3cccc4c3sc3ccccc34)NC(c3cccc4c3sc3ccc(-c5cccc6c5oc5ccccc56)cc34)N2)cc1. The van der Waals surface area contributed by atoms with Crippen molar-refractivity contribution < 1.29 is 4.42 Å². The first kappa shape index (κ1) is 29.4. The first-order chi connectivity index (χ1) is 25.3. The second-order valence-corrected chi connectivity index (χ2v) is 15.5. The Morgan fingerprint density at radius 2 is 1.02 bits per heavy atom. The molecule has 3 N–H and O–H groups in total. The maximum absolute atomic E-state index is 6.44. The molecule has 1 saturated heterocycles. The third-order valence-corrected chi connectivity index (χ3v) is 12.9. The fraction of sp³-hybridized carbons (Fsp3) is 0.0667. The summed E-state index contributed by atoms with van der Waals surface area (Å²) >= 11 is 3.75. The van der Waals surface area contributed by atoms with Crippen LogP contribution in [0.15, 0.2) is 156 Å². The summed E-state index contributed by atoms with van der Waals surface area (Å²) < 4.78 is 11.6. The Hall–Kier alpha value is -5.34. The summed E-state index contributed by atoms with van der Waals surface area (Å²) in [4.78, 5) is 0. The van der Waals surface area contributed by atoms with Gasteiger partial charge in [0.2, 0.25) is 0 Å². The van der Waals surface area contributed by atoms with Crippen molar-refractivity contribution in [2.75, 3.05) is 0 Å². The quantitative estimate of drug-likeness (QED) is 0.172. The second kappa shape index (κ2) is 11.6. The van der Waals surface area contributed by atoms with Crippen LogP contribution in [0.4, 0.5) is 0 Å². The van der Waals surface area contributed by atoms with Gasteiger partial charge < -0.3 is 4.42 Å². The number of furan rings is 1. The Balaban J connectivity index is 1.04. The van der Waals surface area contributed by atoms with Gasteiger partial charge in [-0.3, -0.25) is 16.0 Å². The van der Waals surface area contributed by atoms with E-state index in [4.69, 9.17) is 4.42 Å². The van der Waals surface area contributed by atoms with Crippen LogP contribution in [0.5, 0.6) is 0 Å². The molecule has 1 aliphatic rings. The van der Waals surface area contributed by atoms with Crippen molar-refractivity contribution in [1.82, 2.24) is 16.0 Å². The summed E-state index contributed by atoms with van der Waals surface area (Å²) in [5.41, 5.74) is 7.88. The van der Waals surface area contributed by atoms with E-state index in [9.17, 15) is 0 Å². The summed E-state index contributed by atoms with van der Waals surface area (Å²) in [6, 6.07) is 54.6. The van der Waals surface area contributed by atoms with Crippen molar-refractivity contribution in [3.8, 4) is 11.1 Å². The lowest BCUT2D eigenvalue weighted by molar-refractivity contribution is 0.205. The van der Waals surface area contributed by atoms with Gasteiger partial charge in [0, 0.05) is 67.8 Å². The van der Waals surface area contributed by atoms with Gasteiger partial charge in [0.25, 0.3) is 0 Å². The third kappa shape index (κ3) is 4.69. The van der Waals surface area contributed by atoms with E-state index in [0.29, 0.717) is 0 Å². The Morgan fingerprint density at radius 1 is 0.431 bits per heavy atom. The molecule has 4 nitrogen and oxygen atoms in total. The second-order valence-electron chi connectivity index (χ2n) is 13.3. The van der Waals surface area contributed by atoms with Gasteiger partial charge in [0.1, 0.15) is 11.2 Å². The minimum Gasteiger partial charge on any atom is -0.455 e. The molecule has 244 valence electrons. The number of thiophene rings is 2. The fourth-order valence-electron chi connectivity index (χ4n) is 8.03. The monoisotopic (exact) mass is 693 g/mol. The zero-order chi connectivity index (χ0) is 33.5. The number of benzene rings is 7. The van der Waals surface area contributed by atoms with E-state index in [2.05, 4.69) is 162 Å². The van der Waals surface area contributed by atoms with Gasteiger partial charge in [-0.05, 0) is 35.4 Å². The molecule has 3 unspecified atom stereocenters. The molecule has 1 aliphatic heterocycles. The first-order valence-corrected chi connectivity index (χ1v) is 19.0. The molecule has 0 spiro atoms. The van der Waals surface area contributed by atoms with Gasteiger partial charge in [-0.1, -0.05) is 127 Å². The van der Waals surface area contributed by atoms with Gasteiger partial charge in [-0.15, -0.1) is 22.7 Å². The largest absolute Gasteiger partial charge is 0.455 e. The number of fused-ring (bicyclic) bond motifs is 9. The van der Waals surface area contributed by atoms with Crippen LogP contribution >= 0.6 is 22.7 Å². The molecule has 0 radical (unpaired) electrons. The minimum atomic E-state index is -0.0911. The van der Waals surface area contributed by atoms with Crippen LogP contribution in [0.2, 0.25) is 0 Å². The number of hydrogen-bond acceptors (Lipinski definition) is 6. The van der Waals surface area contributed by atoms with E-state index in [0.717, 1.165) is 33.1 Å². The number of rotatable bonds is 4. The zero-order valence-corrected chi connectivity index (χ0v) is 29.0. The van der Waals surface area contributed by atoms with Crippen LogP contribution in [0.3, 0.4) is 0 Å². The van der Waals surface area contributed by atoms with Gasteiger partial charge in [0.05, 0.1) is 18.5 Å². The number of para-hydroxylation sites is 2. The van der Waals surface area contributed by atoms with E-state index >= 15 is 0 Å². The Kier molecular flexibility index (Phi) is 6.69. The molecule has 3 atom stereocenters. The van der Waals surface area contributed by atoms with Gasteiger partial charge in [-0.2, -0.15) is 0 Å². The van der Waals surface area contributed by atoms with E-state index < -0.39 is 0 Å². The molecule has 51 heavy (non-hydrogen) atoms. The molecule has 11 rings (SSSR count). The van der Waals surface area contributed by atoms with Gasteiger partial charge >= 0.3 is 0 Å². The molecule has 0 saturated carbocycles. The summed E-state index contributed by atoms with van der Waals surface area (Å²) in [5, 5.41) is 19.3. The molecule has 1 fully saturated rings. The smallest absolute Gasteiger partial charge is 0.143 e. The minimum absolute atomic E-state index is 0.0485. The molecule has 6 heteroatoms. The van der Waals surface area contributed by atoms with E-state index in [-0.39, 0.29) is 18.5 Å². The zero-order valence-electron chi connectivity index (χ0n) is 27.4. The average molecular weight is 694 g/mol. The topological polar surface area (TPSA) is 49.2 Å². The highest BCUT2D eigenvalue weighted by molar-refractivity contribution is 7.26. The van der Waals surface area contributed by atoms with Crippen LogP contribution in [0.25, 0.3) is 73.4 Å². The molecule has 0 amide bonds. The normalized spacial score (nSPS) is 18.2. The van der Waals surface area contributed by atoms with Crippen molar-refractivity contribution in [3.63, 3.8) is 0 Å². The van der Waals surface area contributed by atoms with Crippen LogP contribution in [-0.4, -0.2) is 0 Å². The standard InChI is InChI=1S/C45H31N3OS2/c1-2-11-26(12-3-1)43-46-44(34-19-9-17-32-30-14-5-7-22-38(30)50-41(32)34)48-45(47-43)35-20-10-18-33-36-25-27(23-24-39(36)51-42(33)35)28-15-8-16-31-29-13-4-6-21-37(29)49-40(28)31/h1-25,43-48H. The molecule has 10 aromatic rings. The number of hydrogen-bond donors (Lipinski definition) is 3. The van der Waals surface area contributed by atoms with Gasteiger partial charge in [-0.25, -0.2) is 0 Å². The Morgan fingerprint density at radius 3 is 1.80 bits per heavy atom. The first-order valence-electron chi connectivity index (χ1n) is 17.4. The maximum atomic E-state index is 6.44. The van der Waals surface area contributed by atoms with E-state index in [1.165, 1.54) is 57.0 Å². The van der Waals surface area contributed by atoms with Crippen LogP contribution < -0.4 is 16.0 Å². The Bertz CT molecular complexity index is 2940. The Labute approximate surface area is 302 Å². The van der Waals surface area contributed by atoms with E-state index in [1.807, 2.05) is 28.7 Å². The highest BCUT2D eigenvalue weighted by atomic mass is 32.1. The average Bonchev–Trinajstić information content (AvgIpc) is 3.89. The van der Waals surface area contributed by atoms with E-state index in [1.54, 1.807) is 0 Å².